The van der Waals surface area contributed by atoms with Gasteiger partial charge in [-0.15, -0.1) is 0 Å². The van der Waals surface area contributed by atoms with Crippen LogP contribution in [0.15, 0.2) is 11.3 Å². The monoisotopic (exact) mass is 364 g/mol. The highest BCUT2D eigenvalue weighted by atomic mass is 19.4. The standard InChI is InChI=1S/C16H23F3N2O4/c1-8(2)7-11(22)20-15(16(17,18)19)12(13(23)25-6)10(5)21(9(3)4)14(15)24/h8-9H,7H2,1-6H3,(H,20,22)/t15-/m0/s1. The molecule has 1 atom stereocenters. The maximum Gasteiger partial charge on any atom is 0.425 e. The number of hydrogen-bond donors (Lipinski definition) is 1. The minimum atomic E-state index is -5.22. The Morgan fingerprint density at radius 1 is 1.24 bits per heavy atom. The van der Waals surface area contributed by atoms with Gasteiger partial charge in [0.25, 0.3) is 5.91 Å². The molecule has 6 nitrogen and oxygen atoms in total. The normalized spacial score (nSPS) is 21.4. The van der Waals surface area contributed by atoms with Gasteiger partial charge in [-0.05, 0) is 26.7 Å². The summed E-state index contributed by atoms with van der Waals surface area (Å²) in [6.45, 7) is 7.56. The molecule has 0 aliphatic carbocycles. The largest absolute Gasteiger partial charge is 0.466 e. The first kappa shape index (κ1) is 21.0. The van der Waals surface area contributed by atoms with Gasteiger partial charge in [-0.1, -0.05) is 13.8 Å². The molecule has 0 aromatic heterocycles. The maximum atomic E-state index is 14.0. The van der Waals surface area contributed by atoms with Crippen LogP contribution in [-0.2, 0) is 19.1 Å². The highest BCUT2D eigenvalue weighted by Gasteiger charge is 2.71. The third-order valence-corrected chi connectivity index (χ3v) is 3.89. The number of esters is 1. The van der Waals surface area contributed by atoms with Crippen molar-refractivity contribution in [2.75, 3.05) is 7.11 Å². The molecule has 1 heterocycles. The van der Waals surface area contributed by atoms with Crippen molar-refractivity contribution in [3.05, 3.63) is 11.3 Å². The predicted octanol–water partition coefficient (Wildman–Crippen LogP) is 2.15. The number of alkyl halides is 3. The maximum absolute atomic E-state index is 14.0. The summed E-state index contributed by atoms with van der Waals surface area (Å²) in [5.74, 6) is -3.92. The van der Waals surface area contributed by atoms with E-state index in [4.69, 9.17) is 0 Å². The molecule has 0 aromatic carbocycles. The molecule has 25 heavy (non-hydrogen) atoms. The second-order valence-corrected chi connectivity index (χ2v) is 6.61. The van der Waals surface area contributed by atoms with Gasteiger partial charge in [-0.25, -0.2) is 4.79 Å². The van der Waals surface area contributed by atoms with E-state index in [1.54, 1.807) is 19.2 Å². The number of ether oxygens (including phenoxy) is 1. The lowest BCUT2D eigenvalue weighted by Crippen LogP contribution is -2.66. The summed E-state index contributed by atoms with van der Waals surface area (Å²) in [5.41, 5.74) is -4.53. The first-order valence-electron chi connectivity index (χ1n) is 7.82. The highest BCUT2D eigenvalue weighted by Crippen LogP contribution is 2.45. The molecule has 0 bridgehead atoms. The van der Waals surface area contributed by atoms with Crippen LogP contribution >= 0.6 is 0 Å². The fourth-order valence-electron chi connectivity index (χ4n) is 2.94. The molecular formula is C16H23F3N2O4. The number of halogens is 3. The van der Waals surface area contributed by atoms with Gasteiger partial charge in [-0.2, -0.15) is 13.2 Å². The summed E-state index contributed by atoms with van der Waals surface area (Å²) in [4.78, 5) is 37.8. The van der Waals surface area contributed by atoms with Crippen LogP contribution in [0.5, 0.6) is 0 Å². The number of hydrogen-bond acceptors (Lipinski definition) is 4. The van der Waals surface area contributed by atoms with Crippen LogP contribution in [0.1, 0.15) is 41.0 Å². The molecule has 0 unspecified atom stereocenters. The van der Waals surface area contributed by atoms with E-state index in [-0.39, 0.29) is 18.0 Å². The Morgan fingerprint density at radius 2 is 1.76 bits per heavy atom. The number of amides is 2. The Morgan fingerprint density at radius 3 is 2.12 bits per heavy atom. The molecule has 0 saturated carbocycles. The van der Waals surface area contributed by atoms with Crippen LogP contribution in [0.2, 0.25) is 0 Å². The van der Waals surface area contributed by atoms with Crippen molar-refractivity contribution in [3.63, 3.8) is 0 Å². The van der Waals surface area contributed by atoms with E-state index in [1.807, 2.05) is 0 Å². The molecule has 1 aliphatic heterocycles. The van der Waals surface area contributed by atoms with Gasteiger partial charge in [0.2, 0.25) is 11.4 Å². The van der Waals surface area contributed by atoms with Gasteiger partial charge < -0.3 is 15.0 Å². The third-order valence-electron chi connectivity index (χ3n) is 3.89. The Bertz CT molecular complexity index is 611. The van der Waals surface area contributed by atoms with E-state index in [2.05, 4.69) is 4.74 Å². The molecule has 0 saturated heterocycles. The molecule has 0 spiro atoms. The van der Waals surface area contributed by atoms with Gasteiger partial charge in [0.15, 0.2) is 0 Å². The fraction of sp³-hybridized carbons (Fsp3) is 0.688. The molecular weight excluding hydrogens is 341 g/mol. The first-order chi connectivity index (χ1) is 11.3. The number of carbonyl (C=O) groups excluding carboxylic acids is 3. The zero-order chi connectivity index (χ0) is 19.7. The zero-order valence-corrected chi connectivity index (χ0v) is 15.1. The van der Waals surface area contributed by atoms with Crippen LogP contribution in [0.4, 0.5) is 13.2 Å². The SMILES string of the molecule is COC(=O)C1=C(C)N(C(C)C)C(=O)[C@]1(NC(=O)CC(C)C)C(F)(F)F. The molecule has 1 aliphatic rings. The number of allylic oxidation sites excluding steroid dienone is 1. The van der Waals surface area contributed by atoms with Crippen LogP contribution in [0, 0.1) is 5.92 Å². The quantitative estimate of drug-likeness (QED) is 0.759. The van der Waals surface area contributed by atoms with Crippen LogP contribution in [-0.4, -0.2) is 47.6 Å². The molecule has 9 heteroatoms. The summed E-state index contributed by atoms with van der Waals surface area (Å²) in [7, 11) is 0.919. The Hall–Kier alpha value is -2.06. The van der Waals surface area contributed by atoms with Crippen molar-refractivity contribution in [3.8, 4) is 0 Å². The lowest BCUT2D eigenvalue weighted by molar-refractivity contribution is -0.196. The average molecular weight is 364 g/mol. The number of carbonyl (C=O) groups is 3. The van der Waals surface area contributed by atoms with E-state index in [0.29, 0.717) is 0 Å². The molecule has 1 rings (SSSR count). The van der Waals surface area contributed by atoms with Crippen molar-refractivity contribution >= 4 is 17.8 Å². The van der Waals surface area contributed by atoms with E-state index in [9.17, 15) is 27.6 Å². The topological polar surface area (TPSA) is 75.7 Å². The fourth-order valence-corrected chi connectivity index (χ4v) is 2.94. The highest BCUT2D eigenvalue weighted by molar-refractivity contribution is 6.10. The van der Waals surface area contributed by atoms with E-state index in [1.165, 1.54) is 20.8 Å². The number of rotatable bonds is 5. The smallest absolute Gasteiger partial charge is 0.425 e. The van der Waals surface area contributed by atoms with E-state index >= 15 is 0 Å². The van der Waals surface area contributed by atoms with Crippen molar-refractivity contribution in [1.82, 2.24) is 10.2 Å². The van der Waals surface area contributed by atoms with Gasteiger partial charge in [-0.3, -0.25) is 9.59 Å². The zero-order valence-electron chi connectivity index (χ0n) is 15.1. The van der Waals surface area contributed by atoms with Gasteiger partial charge >= 0.3 is 12.1 Å². The van der Waals surface area contributed by atoms with Gasteiger partial charge in [0.05, 0.1) is 7.11 Å². The Labute approximate surface area is 144 Å². The summed E-state index contributed by atoms with van der Waals surface area (Å²) in [6, 6.07) is -0.640. The van der Waals surface area contributed by atoms with Crippen molar-refractivity contribution in [1.29, 1.82) is 0 Å². The second-order valence-electron chi connectivity index (χ2n) is 6.61. The van der Waals surface area contributed by atoms with Crippen molar-refractivity contribution < 1.29 is 32.3 Å². The van der Waals surface area contributed by atoms with Crippen molar-refractivity contribution in [2.24, 2.45) is 5.92 Å². The van der Waals surface area contributed by atoms with Gasteiger partial charge in [0.1, 0.15) is 5.57 Å². The molecule has 142 valence electrons. The lowest BCUT2D eigenvalue weighted by atomic mass is 9.88. The predicted molar refractivity (Wildman–Crippen MR) is 83.1 cm³/mol. The number of nitrogens with zero attached hydrogens (tertiary/aromatic N) is 1. The minimum absolute atomic E-state index is 0.186. The minimum Gasteiger partial charge on any atom is -0.466 e. The molecule has 0 radical (unpaired) electrons. The molecule has 0 fully saturated rings. The van der Waals surface area contributed by atoms with Crippen LogP contribution in [0.25, 0.3) is 0 Å². The third kappa shape index (κ3) is 3.50. The van der Waals surface area contributed by atoms with Crippen LogP contribution < -0.4 is 5.32 Å². The summed E-state index contributed by atoms with van der Waals surface area (Å²) < 4.78 is 46.5. The Kier molecular flexibility index (Phi) is 5.92. The summed E-state index contributed by atoms with van der Waals surface area (Å²) >= 11 is 0. The number of nitrogens with one attached hydrogen (secondary N) is 1. The van der Waals surface area contributed by atoms with E-state index < -0.39 is 41.1 Å². The van der Waals surface area contributed by atoms with E-state index in [0.717, 1.165) is 12.0 Å². The summed E-state index contributed by atoms with van der Waals surface area (Å²) in [6.07, 6.45) is -5.44. The summed E-state index contributed by atoms with van der Waals surface area (Å²) in [5, 5.41) is 1.78. The molecule has 2 amide bonds. The second kappa shape index (κ2) is 7.05. The lowest BCUT2D eigenvalue weighted by Gasteiger charge is -2.34. The molecule has 0 aromatic rings. The van der Waals surface area contributed by atoms with Gasteiger partial charge in [0, 0.05) is 18.2 Å². The molecule has 1 N–H and O–H groups in total. The first-order valence-corrected chi connectivity index (χ1v) is 7.82. The Balaban J connectivity index is 3.64. The van der Waals surface area contributed by atoms with Crippen molar-refractivity contribution in [2.45, 2.75) is 58.8 Å². The average Bonchev–Trinajstić information content (AvgIpc) is 2.65. The number of methoxy groups -OCH3 is 1. The van der Waals surface area contributed by atoms with Crippen LogP contribution in [0.3, 0.4) is 0 Å².